The molecule has 0 saturated carbocycles. The second-order valence-electron chi connectivity index (χ2n) is 5.48. The first-order valence-corrected chi connectivity index (χ1v) is 7.91. The monoisotopic (exact) mass is 439 g/mol. The molecule has 7 nitrogen and oxygen atoms in total. The fraction of sp³-hybridized carbons (Fsp3) is 0.200. The molecule has 0 unspecified atom stereocenters. The molecule has 14 heteroatoms. The van der Waals surface area contributed by atoms with Gasteiger partial charge in [-0.2, -0.15) is 41.2 Å². The summed E-state index contributed by atoms with van der Waals surface area (Å²) in [5.41, 5.74) is -3.51. The highest BCUT2D eigenvalue weighted by Crippen LogP contribution is 2.35. The van der Waals surface area contributed by atoms with E-state index in [0.717, 1.165) is 10.7 Å². The van der Waals surface area contributed by atoms with E-state index in [1.807, 2.05) is 0 Å². The summed E-state index contributed by atoms with van der Waals surface area (Å²) in [5, 5.41) is 6.99. The summed E-state index contributed by atoms with van der Waals surface area (Å²) in [5.74, 6) is -0.267. The van der Waals surface area contributed by atoms with E-state index < -0.39 is 30.3 Å². The van der Waals surface area contributed by atoms with Gasteiger partial charge in [0, 0.05) is 18.3 Å². The van der Waals surface area contributed by atoms with Crippen LogP contribution in [0.3, 0.4) is 0 Å². The van der Waals surface area contributed by atoms with Crippen molar-refractivity contribution in [2.45, 2.75) is 18.9 Å². The van der Waals surface area contributed by atoms with E-state index in [4.69, 9.17) is 16.3 Å². The molecule has 0 bridgehead atoms. The zero-order valence-corrected chi connectivity index (χ0v) is 14.6. The molecule has 3 aromatic heterocycles. The van der Waals surface area contributed by atoms with Gasteiger partial charge in [0.2, 0.25) is 5.88 Å². The van der Waals surface area contributed by atoms with Gasteiger partial charge in [-0.25, -0.2) is 4.98 Å². The van der Waals surface area contributed by atoms with Gasteiger partial charge in [0.05, 0.1) is 17.3 Å². The lowest BCUT2D eigenvalue weighted by Crippen LogP contribution is -2.16. The summed E-state index contributed by atoms with van der Waals surface area (Å²) < 4.78 is 83.5. The van der Waals surface area contributed by atoms with E-state index in [1.165, 1.54) is 18.3 Å². The van der Waals surface area contributed by atoms with E-state index in [2.05, 4.69) is 15.2 Å². The molecule has 0 N–H and O–H groups in total. The Morgan fingerprint density at radius 1 is 1.10 bits per heavy atom. The van der Waals surface area contributed by atoms with Crippen LogP contribution in [0.1, 0.15) is 17.1 Å². The summed E-state index contributed by atoms with van der Waals surface area (Å²) in [6.07, 6.45) is -8.83. The van der Waals surface area contributed by atoms with Crippen molar-refractivity contribution >= 4 is 18.1 Å². The maximum absolute atomic E-state index is 13.1. The minimum Gasteiger partial charge on any atom is -0.409 e. The maximum atomic E-state index is 13.1. The first-order valence-electron chi connectivity index (χ1n) is 7.53. The third-order valence-corrected chi connectivity index (χ3v) is 3.80. The second-order valence-corrected chi connectivity index (χ2v) is 5.88. The zero-order chi connectivity index (χ0) is 21.4. The molecule has 0 saturated heterocycles. The van der Waals surface area contributed by atoms with Gasteiger partial charge in [0.15, 0.2) is 11.5 Å². The quantitative estimate of drug-likeness (QED) is 0.447. The van der Waals surface area contributed by atoms with E-state index in [9.17, 15) is 31.1 Å². The number of ether oxygens (including phenoxy) is 1. The second kappa shape index (κ2) is 7.39. The highest BCUT2D eigenvalue weighted by Gasteiger charge is 2.42. The summed E-state index contributed by atoms with van der Waals surface area (Å²) >= 11 is 5.98. The number of pyridine rings is 1. The fourth-order valence-corrected chi connectivity index (χ4v) is 2.56. The van der Waals surface area contributed by atoms with Crippen LogP contribution < -0.4 is 4.74 Å². The Morgan fingerprint density at radius 2 is 1.83 bits per heavy atom. The largest absolute Gasteiger partial charge is 0.435 e. The number of hydrogen-bond acceptors (Lipinski definition) is 5. The number of carbonyl (C=O) groups is 1. The van der Waals surface area contributed by atoms with E-state index in [0.29, 0.717) is 0 Å². The van der Waals surface area contributed by atoms with Crippen LogP contribution in [0.5, 0.6) is 5.88 Å². The SMILES string of the molecule is O=COc1cc(Cn2nc(C(F)(F)F)cc2C(F)(F)F)nn1-c1ncccc1Cl. The first-order chi connectivity index (χ1) is 13.5. The van der Waals surface area contributed by atoms with Crippen LogP contribution >= 0.6 is 11.6 Å². The van der Waals surface area contributed by atoms with Crippen molar-refractivity contribution in [3.8, 4) is 11.7 Å². The predicted molar refractivity (Wildman–Crippen MR) is 84.4 cm³/mol. The molecule has 3 aromatic rings. The van der Waals surface area contributed by atoms with Gasteiger partial charge < -0.3 is 4.74 Å². The van der Waals surface area contributed by atoms with Crippen LogP contribution in [0.15, 0.2) is 30.5 Å². The van der Waals surface area contributed by atoms with Gasteiger partial charge in [-0.05, 0) is 12.1 Å². The van der Waals surface area contributed by atoms with Gasteiger partial charge in [-0.3, -0.25) is 9.48 Å². The summed E-state index contributed by atoms with van der Waals surface area (Å²) in [4.78, 5) is 14.6. The lowest BCUT2D eigenvalue weighted by atomic mass is 10.3. The van der Waals surface area contributed by atoms with Crippen molar-refractivity contribution in [1.29, 1.82) is 0 Å². The summed E-state index contributed by atoms with van der Waals surface area (Å²) in [6.45, 7) is -0.761. The molecule has 0 amide bonds. The number of hydrogen-bond donors (Lipinski definition) is 0. The molecule has 3 rings (SSSR count). The molecule has 0 radical (unpaired) electrons. The Labute approximate surface area is 162 Å². The maximum Gasteiger partial charge on any atom is 0.435 e. The Bertz CT molecular complexity index is 1040. The highest BCUT2D eigenvalue weighted by atomic mass is 35.5. The predicted octanol–water partition coefficient (Wildman–Crippen LogP) is 3.74. The van der Waals surface area contributed by atoms with E-state index in [1.54, 1.807) is 0 Å². The average Bonchev–Trinajstić information content (AvgIpc) is 3.20. The Hall–Kier alpha value is -3.09. The normalized spacial score (nSPS) is 12.2. The van der Waals surface area contributed by atoms with Crippen LogP contribution in [0.25, 0.3) is 5.82 Å². The molecule has 0 aromatic carbocycles. The molecule has 0 aliphatic heterocycles. The Morgan fingerprint density at radius 3 is 2.41 bits per heavy atom. The van der Waals surface area contributed by atoms with Crippen LogP contribution in [-0.2, 0) is 23.7 Å². The van der Waals surface area contributed by atoms with Crippen molar-refractivity contribution in [1.82, 2.24) is 24.5 Å². The van der Waals surface area contributed by atoms with Gasteiger partial charge in [-0.1, -0.05) is 11.6 Å². The summed E-state index contributed by atoms with van der Waals surface area (Å²) in [6, 6.07) is 3.87. The van der Waals surface area contributed by atoms with Crippen molar-refractivity contribution < 1.29 is 35.9 Å². The molecule has 0 fully saturated rings. The summed E-state index contributed by atoms with van der Waals surface area (Å²) in [7, 11) is 0. The topological polar surface area (TPSA) is 74.8 Å². The number of nitrogens with zero attached hydrogens (tertiary/aromatic N) is 5. The molecule has 0 atom stereocenters. The van der Waals surface area contributed by atoms with Crippen molar-refractivity contribution in [2.75, 3.05) is 0 Å². The van der Waals surface area contributed by atoms with E-state index in [-0.39, 0.29) is 39.6 Å². The average molecular weight is 440 g/mol. The van der Waals surface area contributed by atoms with Crippen LogP contribution in [0.4, 0.5) is 26.3 Å². The van der Waals surface area contributed by atoms with Gasteiger partial charge >= 0.3 is 12.4 Å². The number of aromatic nitrogens is 5. The van der Waals surface area contributed by atoms with Gasteiger partial charge in [0.25, 0.3) is 6.47 Å². The fourth-order valence-electron chi connectivity index (χ4n) is 2.36. The number of rotatable bonds is 5. The smallest absolute Gasteiger partial charge is 0.409 e. The minimum absolute atomic E-state index is 0.00948. The van der Waals surface area contributed by atoms with Gasteiger partial charge in [-0.15, -0.1) is 0 Å². The van der Waals surface area contributed by atoms with Gasteiger partial charge in [0.1, 0.15) is 5.69 Å². The molecule has 154 valence electrons. The zero-order valence-electron chi connectivity index (χ0n) is 13.9. The first kappa shape index (κ1) is 20.6. The molecule has 0 spiro atoms. The molecule has 0 aliphatic carbocycles. The standard InChI is InChI=1S/C15H8ClF6N5O2/c16-9-2-1-3-23-13(9)27-12(29-7-28)4-8(24-27)6-26-11(15(20,21)22)5-10(25-26)14(17,18)19/h1-5,7H,6H2. The Balaban J connectivity index is 2.05. The van der Waals surface area contributed by atoms with Crippen molar-refractivity contribution in [3.05, 3.63) is 52.6 Å². The molecule has 29 heavy (non-hydrogen) atoms. The van der Waals surface area contributed by atoms with Crippen molar-refractivity contribution in [3.63, 3.8) is 0 Å². The van der Waals surface area contributed by atoms with Crippen LogP contribution in [0.2, 0.25) is 5.02 Å². The number of alkyl halides is 6. The highest BCUT2D eigenvalue weighted by molar-refractivity contribution is 6.32. The van der Waals surface area contributed by atoms with Crippen LogP contribution in [-0.4, -0.2) is 31.0 Å². The lowest BCUT2D eigenvalue weighted by molar-refractivity contribution is -0.144. The van der Waals surface area contributed by atoms with Crippen LogP contribution in [0, 0.1) is 0 Å². The molecular weight excluding hydrogens is 432 g/mol. The lowest BCUT2D eigenvalue weighted by Gasteiger charge is -2.08. The molecular formula is C15H8ClF6N5O2. The minimum atomic E-state index is -5.09. The third kappa shape index (κ3) is 4.34. The number of carbonyl (C=O) groups excluding carboxylic acids is 1. The molecule has 0 aliphatic rings. The number of halogens is 7. The van der Waals surface area contributed by atoms with Crippen molar-refractivity contribution in [2.24, 2.45) is 0 Å². The Kier molecular flexibility index (Phi) is 5.26. The third-order valence-electron chi connectivity index (χ3n) is 3.51. The van der Waals surface area contributed by atoms with E-state index >= 15 is 0 Å². The molecule has 3 heterocycles.